The molecule has 0 amide bonds. The standard InChI is InChI=1S/C18H32O/c1-3-5-6-15-7-9-16(10-8-15)17-11-13-18(14-12-17)19-4-2/h3,5,15-18H,4,6-14H2,1-2H3. The molecule has 0 bridgehead atoms. The molecule has 110 valence electrons. The summed E-state index contributed by atoms with van der Waals surface area (Å²) in [6.45, 7) is 5.16. The largest absolute Gasteiger partial charge is 0.379 e. The average molecular weight is 264 g/mol. The van der Waals surface area contributed by atoms with Crippen LogP contribution in [-0.4, -0.2) is 12.7 Å². The van der Waals surface area contributed by atoms with Crippen LogP contribution in [0, 0.1) is 17.8 Å². The van der Waals surface area contributed by atoms with E-state index in [2.05, 4.69) is 26.0 Å². The van der Waals surface area contributed by atoms with Crippen molar-refractivity contribution in [3.05, 3.63) is 12.2 Å². The zero-order chi connectivity index (χ0) is 13.5. The molecule has 2 aliphatic carbocycles. The minimum atomic E-state index is 0.576. The van der Waals surface area contributed by atoms with Crippen molar-refractivity contribution in [2.75, 3.05) is 6.61 Å². The molecule has 0 atom stereocenters. The number of hydrogen-bond acceptors (Lipinski definition) is 1. The lowest BCUT2D eigenvalue weighted by Gasteiger charge is -2.37. The highest BCUT2D eigenvalue weighted by Crippen LogP contribution is 2.41. The number of allylic oxidation sites excluding steroid dienone is 2. The van der Waals surface area contributed by atoms with Crippen molar-refractivity contribution in [1.82, 2.24) is 0 Å². The van der Waals surface area contributed by atoms with Crippen molar-refractivity contribution in [2.45, 2.75) is 77.7 Å². The molecule has 2 aliphatic rings. The van der Waals surface area contributed by atoms with Gasteiger partial charge in [0.1, 0.15) is 0 Å². The smallest absolute Gasteiger partial charge is 0.0575 e. The van der Waals surface area contributed by atoms with Crippen LogP contribution in [0.25, 0.3) is 0 Å². The van der Waals surface area contributed by atoms with E-state index in [1.54, 1.807) is 0 Å². The van der Waals surface area contributed by atoms with Crippen LogP contribution in [0.4, 0.5) is 0 Å². The Bertz CT molecular complexity index is 255. The maximum atomic E-state index is 5.77. The Morgan fingerprint density at radius 2 is 1.47 bits per heavy atom. The van der Waals surface area contributed by atoms with E-state index < -0.39 is 0 Å². The van der Waals surface area contributed by atoms with Crippen molar-refractivity contribution < 1.29 is 4.74 Å². The van der Waals surface area contributed by atoms with Gasteiger partial charge >= 0.3 is 0 Å². The highest BCUT2D eigenvalue weighted by Gasteiger charge is 2.30. The van der Waals surface area contributed by atoms with E-state index in [-0.39, 0.29) is 0 Å². The summed E-state index contributed by atoms with van der Waals surface area (Å²) in [7, 11) is 0. The lowest BCUT2D eigenvalue weighted by molar-refractivity contribution is 0.0136. The molecule has 19 heavy (non-hydrogen) atoms. The molecule has 2 fully saturated rings. The molecule has 2 rings (SSSR count). The molecule has 0 saturated heterocycles. The molecule has 0 N–H and O–H groups in total. The van der Waals surface area contributed by atoms with Crippen LogP contribution in [0.5, 0.6) is 0 Å². The second-order valence-electron chi connectivity index (χ2n) is 6.58. The maximum Gasteiger partial charge on any atom is 0.0575 e. The zero-order valence-electron chi connectivity index (χ0n) is 12.9. The Kier molecular flexibility index (Phi) is 6.43. The molecule has 0 heterocycles. The van der Waals surface area contributed by atoms with Crippen molar-refractivity contribution in [3.8, 4) is 0 Å². The highest BCUT2D eigenvalue weighted by molar-refractivity contribution is 4.86. The van der Waals surface area contributed by atoms with Gasteiger partial charge < -0.3 is 4.74 Å². The first-order valence-corrected chi connectivity index (χ1v) is 8.56. The molecule has 0 aromatic heterocycles. The van der Waals surface area contributed by atoms with Crippen LogP contribution in [-0.2, 0) is 4.74 Å². The third kappa shape index (κ3) is 4.63. The second kappa shape index (κ2) is 8.09. The van der Waals surface area contributed by atoms with Gasteiger partial charge in [-0.25, -0.2) is 0 Å². The molecule has 0 aromatic rings. The minimum absolute atomic E-state index is 0.576. The molecule has 0 aliphatic heterocycles. The summed E-state index contributed by atoms with van der Waals surface area (Å²) >= 11 is 0. The summed E-state index contributed by atoms with van der Waals surface area (Å²) in [4.78, 5) is 0. The Morgan fingerprint density at radius 3 is 2.00 bits per heavy atom. The molecule has 0 spiro atoms. The van der Waals surface area contributed by atoms with Crippen molar-refractivity contribution in [2.24, 2.45) is 17.8 Å². The summed E-state index contributed by atoms with van der Waals surface area (Å²) in [6, 6.07) is 0. The van der Waals surface area contributed by atoms with Crippen LogP contribution < -0.4 is 0 Å². The van der Waals surface area contributed by atoms with Gasteiger partial charge in [0.25, 0.3) is 0 Å². The van der Waals surface area contributed by atoms with Gasteiger partial charge in [-0.3, -0.25) is 0 Å². The molecular weight excluding hydrogens is 232 g/mol. The lowest BCUT2D eigenvalue weighted by Crippen LogP contribution is -2.28. The van der Waals surface area contributed by atoms with Crippen molar-refractivity contribution in [3.63, 3.8) is 0 Å². The third-order valence-electron chi connectivity index (χ3n) is 5.38. The van der Waals surface area contributed by atoms with Crippen molar-refractivity contribution >= 4 is 0 Å². The Balaban J connectivity index is 1.68. The zero-order valence-corrected chi connectivity index (χ0v) is 12.9. The molecular formula is C18H32O. The van der Waals surface area contributed by atoms with E-state index in [1.807, 2.05) is 0 Å². The topological polar surface area (TPSA) is 9.23 Å². The Labute approximate surface area is 119 Å². The monoisotopic (exact) mass is 264 g/mol. The first kappa shape index (κ1) is 15.1. The van der Waals surface area contributed by atoms with Gasteiger partial charge in [-0.1, -0.05) is 12.2 Å². The quantitative estimate of drug-likeness (QED) is 0.608. The van der Waals surface area contributed by atoms with Crippen LogP contribution in [0.1, 0.15) is 71.6 Å². The highest BCUT2D eigenvalue weighted by atomic mass is 16.5. The third-order valence-corrected chi connectivity index (χ3v) is 5.38. The fraction of sp³-hybridized carbons (Fsp3) is 0.889. The molecule has 1 nitrogen and oxygen atoms in total. The van der Waals surface area contributed by atoms with Gasteiger partial charge in [0, 0.05) is 6.61 Å². The Morgan fingerprint density at radius 1 is 0.895 bits per heavy atom. The lowest BCUT2D eigenvalue weighted by atomic mass is 9.70. The summed E-state index contributed by atoms with van der Waals surface area (Å²) in [5.74, 6) is 3.02. The summed E-state index contributed by atoms with van der Waals surface area (Å²) in [5, 5.41) is 0. The molecule has 0 radical (unpaired) electrons. The summed E-state index contributed by atoms with van der Waals surface area (Å²) < 4.78 is 5.77. The maximum absolute atomic E-state index is 5.77. The summed E-state index contributed by atoms with van der Waals surface area (Å²) in [6.07, 6.45) is 17.9. The Hall–Kier alpha value is -0.300. The van der Waals surface area contributed by atoms with Crippen LogP contribution in [0.3, 0.4) is 0 Å². The first-order chi connectivity index (χ1) is 9.33. The predicted molar refractivity (Wildman–Crippen MR) is 82.3 cm³/mol. The van der Waals surface area contributed by atoms with Gasteiger partial charge in [0.15, 0.2) is 0 Å². The fourth-order valence-corrected chi connectivity index (χ4v) is 4.19. The first-order valence-electron chi connectivity index (χ1n) is 8.56. The molecule has 1 heteroatoms. The molecule has 0 aromatic carbocycles. The SMILES string of the molecule is CC=CCC1CCC(C2CCC(OCC)CC2)CC1. The van der Waals surface area contributed by atoms with Crippen molar-refractivity contribution in [1.29, 1.82) is 0 Å². The van der Waals surface area contributed by atoms with Gasteiger partial charge in [-0.15, -0.1) is 0 Å². The normalized spacial score (nSPS) is 36.7. The summed E-state index contributed by atoms with van der Waals surface area (Å²) in [5.41, 5.74) is 0. The average Bonchev–Trinajstić information content (AvgIpc) is 2.47. The van der Waals surface area contributed by atoms with Gasteiger partial charge in [0.05, 0.1) is 6.10 Å². The van der Waals surface area contributed by atoms with E-state index in [1.165, 1.54) is 57.8 Å². The van der Waals surface area contributed by atoms with E-state index in [4.69, 9.17) is 4.74 Å². The molecule has 2 saturated carbocycles. The van der Waals surface area contributed by atoms with E-state index in [9.17, 15) is 0 Å². The number of ether oxygens (including phenoxy) is 1. The van der Waals surface area contributed by atoms with Gasteiger partial charge in [-0.05, 0) is 89.4 Å². The van der Waals surface area contributed by atoms with E-state index >= 15 is 0 Å². The second-order valence-corrected chi connectivity index (χ2v) is 6.58. The fourth-order valence-electron chi connectivity index (χ4n) is 4.19. The van der Waals surface area contributed by atoms with Gasteiger partial charge in [-0.2, -0.15) is 0 Å². The predicted octanol–water partition coefficient (Wildman–Crippen LogP) is 5.35. The van der Waals surface area contributed by atoms with Crippen LogP contribution >= 0.6 is 0 Å². The molecule has 0 unspecified atom stereocenters. The number of rotatable bonds is 5. The number of hydrogen-bond donors (Lipinski definition) is 0. The minimum Gasteiger partial charge on any atom is -0.379 e. The van der Waals surface area contributed by atoms with Gasteiger partial charge in [0.2, 0.25) is 0 Å². The van der Waals surface area contributed by atoms with Crippen LogP contribution in [0.15, 0.2) is 12.2 Å². The van der Waals surface area contributed by atoms with E-state index in [0.29, 0.717) is 6.10 Å². The van der Waals surface area contributed by atoms with E-state index in [0.717, 1.165) is 24.4 Å². The van der Waals surface area contributed by atoms with Crippen LogP contribution in [0.2, 0.25) is 0 Å².